The molecular formula is C12H10N2O6. The van der Waals surface area contributed by atoms with Gasteiger partial charge in [0.05, 0.1) is 11.3 Å². The normalized spacial score (nSPS) is 14.5. The van der Waals surface area contributed by atoms with Gasteiger partial charge in [0, 0.05) is 12.8 Å². The van der Waals surface area contributed by atoms with Gasteiger partial charge in [-0.25, -0.2) is 9.59 Å². The summed E-state index contributed by atoms with van der Waals surface area (Å²) in [6, 6.07) is 4.82. The van der Waals surface area contributed by atoms with Gasteiger partial charge < -0.3 is 10.2 Å². The number of carboxylic acid groups (broad SMARTS) is 2. The van der Waals surface area contributed by atoms with Crippen LogP contribution in [-0.4, -0.2) is 39.1 Å². The van der Waals surface area contributed by atoms with E-state index in [2.05, 4.69) is 0 Å². The summed E-state index contributed by atoms with van der Waals surface area (Å²) in [6.07, 6.45) is -1.59. The maximum absolute atomic E-state index is 11.6. The minimum atomic E-state index is -1.50. The molecule has 1 aliphatic rings. The molecule has 0 saturated carbocycles. The smallest absolute Gasteiger partial charge is 0.431 e. The molecule has 3 amide bonds. The standard InChI is InChI=1S/C12H10N2O6/c15-9-5-6-10(16)14(9)13(12(19)20)8-3-1-7(2-4-8)11(17)18/h1-4H,5-6H2,(H,17,18)(H,19,20). The molecule has 0 spiro atoms. The van der Waals surface area contributed by atoms with Gasteiger partial charge in [0.25, 0.3) is 0 Å². The van der Waals surface area contributed by atoms with Crippen molar-refractivity contribution < 1.29 is 29.4 Å². The highest BCUT2D eigenvalue weighted by Crippen LogP contribution is 2.23. The Bertz CT molecular complexity index is 578. The summed E-state index contributed by atoms with van der Waals surface area (Å²) in [5.74, 6) is -2.38. The van der Waals surface area contributed by atoms with E-state index in [-0.39, 0.29) is 24.1 Å². The van der Waals surface area contributed by atoms with Crippen molar-refractivity contribution in [3.63, 3.8) is 0 Å². The predicted octanol–water partition coefficient (Wildman–Crippen LogP) is 0.933. The monoisotopic (exact) mass is 278 g/mol. The van der Waals surface area contributed by atoms with Crippen LogP contribution in [0.25, 0.3) is 0 Å². The van der Waals surface area contributed by atoms with Crippen molar-refractivity contribution in [2.45, 2.75) is 12.8 Å². The van der Waals surface area contributed by atoms with Crippen LogP contribution in [0.1, 0.15) is 23.2 Å². The molecule has 0 bridgehead atoms. The largest absolute Gasteiger partial charge is 0.478 e. The number of nitrogens with zero attached hydrogens (tertiary/aromatic N) is 2. The lowest BCUT2D eigenvalue weighted by Crippen LogP contribution is -2.49. The topological polar surface area (TPSA) is 115 Å². The van der Waals surface area contributed by atoms with E-state index in [4.69, 9.17) is 10.2 Å². The Morgan fingerprint density at radius 2 is 1.50 bits per heavy atom. The molecule has 1 fully saturated rings. The molecule has 0 aromatic heterocycles. The van der Waals surface area contributed by atoms with E-state index < -0.39 is 23.9 Å². The molecule has 2 rings (SSSR count). The van der Waals surface area contributed by atoms with Gasteiger partial charge in [0.15, 0.2) is 0 Å². The molecule has 104 valence electrons. The van der Waals surface area contributed by atoms with E-state index in [9.17, 15) is 19.2 Å². The summed E-state index contributed by atoms with van der Waals surface area (Å²) < 4.78 is 0. The van der Waals surface area contributed by atoms with Gasteiger partial charge in [0.1, 0.15) is 0 Å². The molecule has 0 unspecified atom stereocenters. The van der Waals surface area contributed by atoms with Gasteiger partial charge in [-0.2, -0.15) is 10.0 Å². The number of carbonyl (C=O) groups is 4. The first-order valence-electron chi connectivity index (χ1n) is 5.64. The summed E-state index contributed by atoms with van der Waals surface area (Å²) in [5, 5.41) is 19.0. The van der Waals surface area contributed by atoms with Crippen LogP contribution in [0.15, 0.2) is 24.3 Å². The first kappa shape index (κ1) is 13.5. The molecule has 1 heterocycles. The van der Waals surface area contributed by atoms with E-state index in [1.54, 1.807) is 0 Å². The van der Waals surface area contributed by atoms with E-state index >= 15 is 0 Å². The summed E-state index contributed by atoms with van der Waals surface area (Å²) in [6.45, 7) is 0. The minimum absolute atomic E-state index is 0.0195. The van der Waals surface area contributed by atoms with Crippen molar-refractivity contribution in [3.05, 3.63) is 29.8 Å². The highest BCUT2D eigenvalue weighted by molar-refractivity contribution is 6.07. The molecule has 1 saturated heterocycles. The van der Waals surface area contributed by atoms with Crippen LogP contribution in [0, 0.1) is 0 Å². The fourth-order valence-corrected chi connectivity index (χ4v) is 1.84. The first-order chi connectivity index (χ1) is 9.41. The minimum Gasteiger partial charge on any atom is -0.478 e. The zero-order valence-electron chi connectivity index (χ0n) is 10.1. The van der Waals surface area contributed by atoms with Gasteiger partial charge in [-0.05, 0) is 24.3 Å². The molecule has 8 nitrogen and oxygen atoms in total. The fourth-order valence-electron chi connectivity index (χ4n) is 1.84. The quantitative estimate of drug-likeness (QED) is 0.795. The Kier molecular flexibility index (Phi) is 3.38. The molecular weight excluding hydrogens is 268 g/mol. The zero-order valence-corrected chi connectivity index (χ0v) is 10.1. The van der Waals surface area contributed by atoms with Crippen molar-refractivity contribution in [1.29, 1.82) is 0 Å². The maximum Gasteiger partial charge on any atom is 0.431 e. The van der Waals surface area contributed by atoms with Gasteiger partial charge in [-0.3, -0.25) is 9.59 Å². The van der Waals surface area contributed by atoms with Gasteiger partial charge in [-0.15, -0.1) is 0 Å². The number of carbonyl (C=O) groups excluding carboxylic acids is 2. The van der Waals surface area contributed by atoms with E-state index in [0.29, 0.717) is 10.0 Å². The lowest BCUT2D eigenvalue weighted by atomic mass is 10.2. The van der Waals surface area contributed by atoms with Gasteiger partial charge in [0.2, 0.25) is 11.8 Å². The zero-order chi connectivity index (χ0) is 14.9. The summed E-state index contributed by atoms with van der Waals surface area (Å²) in [5.41, 5.74) is -0.00994. The molecule has 0 radical (unpaired) electrons. The van der Waals surface area contributed by atoms with E-state index in [1.165, 1.54) is 24.3 Å². The highest BCUT2D eigenvalue weighted by atomic mass is 16.4. The third-order valence-corrected chi connectivity index (χ3v) is 2.77. The second-order valence-electron chi connectivity index (χ2n) is 4.05. The van der Waals surface area contributed by atoms with Crippen molar-refractivity contribution in [1.82, 2.24) is 5.01 Å². The third kappa shape index (κ3) is 2.30. The van der Waals surface area contributed by atoms with Crippen molar-refractivity contribution in [2.75, 3.05) is 5.01 Å². The van der Waals surface area contributed by atoms with Crippen LogP contribution in [0.2, 0.25) is 0 Å². The van der Waals surface area contributed by atoms with Crippen molar-refractivity contribution >= 4 is 29.6 Å². The average Bonchev–Trinajstić information content (AvgIpc) is 2.71. The Labute approximate surface area is 112 Å². The first-order valence-corrected chi connectivity index (χ1v) is 5.64. The van der Waals surface area contributed by atoms with Crippen LogP contribution in [0.4, 0.5) is 10.5 Å². The van der Waals surface area contributed by atoms with Crippen LogP contribution in [-0.2, 0) is 9.59 Å². The fraction of sp³-hybridized carbons (Fsp3) is 0.167. The maximum atomic E-state index is 11.6. The summed E-state index contributed by atoms with van der Waals surface area (Å²) >= 11 is 0. The SMILES string of the molecule is O=C(O)c1ccc(N(C(=O)O)N2C(=O)CCC2=O)cc1. The Morgan fingerprint density at radius 3 is 1.90 bits per heavy atom. The van der Waals surface area contributed by atoms with Crippen LogP contribution in [0.5, 0.6) is 0 Å². The number of hydrazine groups is 1. The Hall–Kier alpha value is -2.90. The molecule has 1 aromatic carbocycles. The number of anilines is 1. The second-order valence-corrected chi connectivity index (χ2v) is 4.05. The van der Waals surface area contributed by atoms with Gasteiger partial charge >= 0.3 is 12.1 Å². The average molecular weight is 278 g/mol. The van der Waals surface area contributed by atoms with Crippen LogP contribution >= 0.6 is 0 Å². The summed E-state index contributed by atoms with van der Waals surface area (Å²) in [4.78, 5) is 45.2. The van der Waals surface area contributed by atoms with Crippen LogP contribution in [0.3, 0.4) is 0 Å². The number of carboxylic acids is 1. The number of aromatic carboxylic acids is 1. The number of rotatable bonds is 3. The van der Waals surface area contributed by atoms with Gasteiger partial charge in [-0.1, -0.05) is 0 Å². The number of benzene rings is 1. The van der Waals surface area contributed by atoms with Crippen molar-refractivity contribution in [3.8, 4) is 0 Å². The Morgan fingerprint density at radius 1 is 1.00 bits per heavy atom. The van der Waals surface area contributed by atoms with Crippen LogP contribution < -0.4 is 5.01 Å². The van der Waals surface area contributed by atoms with E-state index in [1.807, 2.05) is 0 Å². The Balaban J connectivity index is 2.38. The lowest BCUT2D eigenvalue weighted by molar-refractivity contribution is -0.138. The molecule has 0 aliphatic carbocycles. The molecule has 2 N–H and O–H groups in total. The predicted molar refractivity (Wildman–Crippen MR) is 65.0 cm³/mol. The molecule has 0 atom stereocenters. The molecule has 1 aromatic rings. The highest BCUT2D eigenvalue weighted by Gasteiger charge is 2.37. The molecule has 8 heteroatoms. The number of imide groups is 1. The molecule has 1 aliphatic heterocycles. The lowest BCUT2D eigenvalue weighted by Gasteiger charge is -2.27. The van der Waals surface area contributed by atoms with Crippen molar-refractivity contribution in [2.24, 2.45) is 0 Å². The summed E-state index contributed by atoms with van der Waals surface area (Å²) in [7, 11) is 0. The number of hydrogen-bond donors (Lipinski definition) is 2. The third-order valence-electron chi connectivity index (χ3n) is 2.77. The second kappa shape index (κ2) is 5.00. The number of amides is 3. The van der Waals surface area contributed by atoms with E-state index in [0.717, 1.165) is 0 Å². The molecule has 20 heavy (non-hydrogen) atoms. The number of hydrogen-bond acceptors (Lipinski definition) is 4.